The van der Waals surface area contributed by atoms with Crippen LogP contribution in [0.1, 0.15) is 31.9 Å². The van der Waals surface area contributed by atoms with Crippen molar-refractivity contribution in [3.05, 3.63) is 60.6 Å². The number of hydrogen-bond donors (Lipinski definition) is 1. The average Bonchev–Trinajstić information content (AvgIpc) is 2.60. The van der Waals surface area contributed by atoms with Crippen LogP contribution in [0.25, 0.3) is 17.3 Å². The first-order chi connectivity index (χ1) is 12.1. The van der Waals surface area contributed by atoms with Crippen LogP contribution >= 0.6 is 0 Å². The van der Waals surface area contributed by atoms with Crippen molar-refractivity contribution in [2.75, 3.05) is 6.61 Å². The second kappa shape index (κ2) is 9.69. The molecule has 5 heteroatoms. The Kier molecular flexibility index (Phi) is 7.29. The van der Waals surface area contributed by atoms with E-state index < -0.39 is 5.82 Å². The van der Waals surface area contributed by atoms with E-state index in [0.717, 1.165) is 19.3 Å². The van der Waals surface area contributed by atoms with Gasteiger partial charge < -0.3 is 9.84 Å². The molecule has 132 valence electrons. The predicted molar refractivity (Wildman–Crippen MR) is 97.7 cm³/mol. The summed E-state index contributed by atoms with van der Waals surface area (Å²) in [6, 6.07) is 8.19. The van der Waals surface area contributed by atoms with Gasteiger partial charge in [-0.05, 0) is 56.5 Å². The van der Waals surface area contributed by atoms with Gasteiger partial charge in [-0.15, -0.1) is 5.10 Å². The fourth-order valence-corrected chi connectivity index (χ4v) is 2.26. The fourth-order valence-electron chi connectivity index (χ4n) is 2.26. The van der Waals surface area contributed by atoms with Gasteiger partial charge in [0.1, 0.15) is 18.2 Å². The highest BCUT2D eigenvalue weighted by molar-refractivity contribution is 5.61. The Morgan fingerprint density at radius 1 is 1.28 bits per heavy atom. The van der Waals surface area contributed by atoms with Gasteiger partial charge in [-0.25, -0.2) is 4.39 Å². The summed E-state index contributed by atoms with van der Waals surface area (Å²) in [6.07, 6.45) is 7.78. The van der Waals surface area contributed by atoms with Gasteiger partial charge in [-0.1, -0.05) is 18.7 Å². The van der Waals surface area contributed by atoms with Crippen molar-refractivity contribution in [2.24, 2.45) is 0 Å². The summed E-state index contributed by atoms with van der Waals surface area (Å²) in [7, 11) is 0. The lowest BCUT2D eigenvalue weighted by molar-refractivity contribution is 0.182. The van der Waals surface area contributed by atoms with Crippen molar-refractivity contribution in [3.63, 3.8) is 0 Å². The second-order valence-corrected chi connectivity index (χ2v) is 5.77. The van der Waals surface area contributed by atoms with Gasteiger partial charge in [-0.2, -0.15) is 5.10 Å². The molecule has 0 radical (unpaired) electrons. The summed E-state index contributed by atoms with van der Waals surface area (Å²) >= 11 is 0. The Balaban J connectivity index is 1.99. The number of rotatable bonds is 9. The number of benzene rings is 1. The third-order valence-electron chi connectivity index (χ3n) is 3.55. The number of ether oxygens (including phenoxy) is 1. The summed E-state index contributed by atoms with van der Waals surface area (Å²) in [5.41, 5.74) is 1.57. The lowest BCUT2D eigenvalue weighted by Gasteiger charge is -2.06. The molecule has 1 unspecified atom stereocenters. The van der Waals surface area contributed by atoms with Gasteiger partial charge in [0, 0.05) is 11.6 Å². The molecule has 0 aliphatic heterocycles. The van der Waals surface area contributed by atoms with E-state index in [1.807, 2.05) is 12.2 Å². The number of halogens is 1. The average molecular weight is 342 g/mol. The van der Waals surface area contributed by atoms with E-state index >= 15 is 0 Å². The normalized spacial score (nSPS) is 12.3. The van der Waals surface area contributed by atoms with Crippen molar-refractivity contribution >= 4 is 6.08 Å². The van der Waals surface area contributed by atoms with Crippen LogP contribution in [-0.2, 0) is 0 Å². The second-order valence-electron chi connectivity index (χ2n) is 5.77. The first-order valence-corrected chi connectivity index (χ1v) is 8.32. The van der Waals surface area contributed by atoms with Gasteiger partial charge in [0.2, 0.25) is 0 Å². The lowest BCUT2D eigenvalue weighted by Crippen LogP contribution is -1.97. The summed E-state index contributed by atoms with van der Waals surface area (Å²) in [5, 5.41) is 17.4. The van der Waals surface area contributed by atoms with Crippen molar-refractivity contribution in [1.29, 1.82) is 0 Å². The molecule has 2 rings (SSSR count). The smallest absolute Gasteiger partial charge is 0.136 e. The van der Waals surface area contributed by atoms with E-state index in [2.05, 4.69) is 16.8 Å². The quantitative estimate of drug-likeness (QED) is 0.542. The maximum Gasteiger partial charge on any atom is 0.136 e. The highest BCUT2D eigenvalue weighted by atomic mass is 19.1. The van der Waals surface area contributed by atoms with Crippen LogP contribution in [-0.4, -0.2) is 28.0 Å². The van der Waals surface area contributed by atoms with Crippen LogP contribution in [0, 0.1) is 5.82 Å². The molecular weight excluding hydrogens is 319 g/mol. The molecule has 0 amide bonds. The molecule has 1 N–H and O–H groups in total. The van der Waals surface area contributed by atoms with Crippen LogP contribution in [0.4, 0.5) is 4.39 Å². The molecular formula is C20H23FN2O2. The third kappa shape index (κ3) is 6.12. The minimum Gasteiger partial charge on any atom is -0.489 e. The van der Waals surface area contributed by atoms with Crippen molar-refractivity contribution in [1.82, 2.24) is 10.2 Å². The number of hydrogen-bond acceptors (Lipinski definition) is 4. The van der Waals surface area contributed by atoms with E-state index in [1.165, 1.54) is 6.07 Å². The van der Waals surface area contributed by atoms with Gasteiger partial charge in [0.05, 0.1) is 17.5 Å². The SMILES string of the molecule is C=CCOc1ccc(-c2ccc(C=CCCCC(C)O)nn2)c(F)c1. The summed E-state index contributed by atoms with van der Waals surface area (Å²) in [5.74, 6) is 0.0446. The lowest BCUT2D eigenvalue weighted by atomic mass is 10.1. The highest BCUT2D eigenvalue weighted by Crippen LogP contribution is 2.24. The molecule has 0 saturated carbocycles. The van der Waals surface area contributed by atoms with E-state index in [0.29, 0.717) is 29.3 Å². The van der Waals surface area contributed by atoms with Crippen molar-refractivity contribution in [3.8, 4) is 17.0 Å². The summed E-state index contributed by atoms with van der Waals surface area (Å²) < 4.78 is 19.5. The molecule has 0 aliphatic carbocycles. The standard InChI is InChI=1S/C20H23FN2O2/c1-3-13-25-17-10-11-18(19(21)14-17)20-12-9-16(22-23-20)8-6-4-5-7-15(2)24/h3,6,8-12,14-15,24H,1,4-5,7,13H2,2H3. The first-order valence-electron chi connectivity index (χ1n) is 8.32. The number of allylic oxidation sites excluding steroid dienone is 1. The van der Waals surface area contributed by atoms with Gasteiger partial charge in [0.25, 0.3) is 0 Å². The number of unbranched alkanes of at least 4 members (excludes halogenated alkanes) is 1. The molecule has 0 saturated heterocycles. The molecule has 0 spiro atoms. The molecule has 1 aromatic carbocycles. The summed E-state index contributed by atoms with van der Waals surface area (Å²) in [4.78, 5) is 0. The van der Waals surface area contributed by atoms with E-state index in [4.69, 9.17) is 4.74 Å². The van der Waals surface area contributed by atoms with E-state index in [1.54, 1.807) is 37.3 Å². The van der Waals surface area contributed by atoms with Crippen LogP contribution in [0.3, 0.4) is 0 Å². The topological polar surface area (TPSA) is 55.2 Å². The zero-order valence-electron chi connectivity index (χ0n) is 14.4. The Hall–Kier alpha value is -2.53. The number of aromatic nitrogens is 2. The summed E-state index contributed by atoms with van der Waals surface area (Å²) in [6.45, 7) is 5.67. The zero-order valence-corrected chi connectivity index (χ0v) is 14.4. The van der Waals surface area contributed by atoms with Crippen LogP contribution < -0.4 is 4.74 Å². The molecule has 1 heterocycles. The first kappa shape index (κ1) is 18.8. The van der Waals surface area contributed by atoms with Gasteiger partial charge >= 0.3 is 0 Å². The molecule has 1 aromatic heterocycles. The Labute approximate surface area is 147 Å². The van der Waals surface area contributed by atoms with Crippen molar-refractivity contribution in [2.45, 2.75) is 32.3 Å². The maximum absolute atomic E-state index is 14.2. The molecule has 4 nitrogen and oxygen atoms in total. The third-order valence-corrected chi connectivity index (χ3v) is 3.55. The maximum atomic E-state index is 14.2. The Bertz CT molecular complexity index is 712. The Morgan fingerprint density at radius 2 is 2.12 bits per heavy atom. The van der Waals surface area contributed by atoms with Gasteiger partial charge in [0.15, 0.2) is 0 Å². The highest BCUT2D eigenvalue weighted by Gasteiger charge is 2.08. The minimum absolute atomic E-state index is 0.268. The number of nitrogens with zero attached hydrogens (tertiary/aromatic N) is 2. The fraction of sp³-hybridized carbons (Fsp3) is 0.300. The van der Waals surface area contributed by atoms with Crippen LogP contribution in [0.5, 0.6) is 5.75 Å². The largest absolute Gasteiger partial charge is 0.489 e. The molecule has 0 fully saturated rings. The molecule has 0 bridgehead atoms. The van der Waals surface area contributed by atoms with E-state index in [9.17, 15) is 9.50 Å². The molecule has 25 heavy (non-hydrogen) atoms. The van der Waals surface area contributed by atoms with Crippen LogP contribution in [0.2, 0.25) is 0 Å². The minimum atomic E-state index is -0.405. The van der Waals surface area contributed by atoms with Crippen molar-refractivity contribution < 1.29 is 14.2 Å². The van der Waals surface area contributed by atoms with E-state index in [-0.39, 0.29) is 6.10 Å². The van der Waals surface area contributed by atoms with Crippen LogP contribution in [0.15, 0.2) is 49.1 Å². The molecule has 1 atom stereocenters. The number of aliphatic hydroxyl groups is 1. The number of aliphatic hydroxyl groups excluding tert-OH is 1. The molecule has 0 aliphatic rings. The Morgan fingerprint density at radius 3 is 2.76 bits per heavy atom. The molecule has 2 aromatic rings. The monoisotopic (exact) mass is 342 g/mol. The predicted octanol–water partition coefficient (Wildman–Crippen LogP) is 4.41. The zero-order chi connectivity index (χ0) is 18.1. The van der Waals surface area contributed by atoms with Gasteiger partial charge in [-0.3, -0.25) is 0 Å².